The number of nitrogens with zero attached hydrogens (tertiary/aromatic N) is 2. The first-order valence-corrected chi connectivity index (χ1v) is 4.92. The topological polar surface area (TPSA) is 52.1 Å². The zero-order valence-corrected chi connectivity index (χ0v) is 9.05. The van der Waals surface area contributed by atoms with Crippen LogP contribution in [-0.2, 0) is 4.79 Å². The molecule has 1 aromatic carbocycles. The van der Waals surface area contributed by atoms with Gasteiger partial charge in [-0.2, -0.15) is 0 Å². The highest BCUT2D eigenvalue weighted by Gasteiger charge is 2.11. The zero-order valence-electron chi connectivity index (χ0n) is 9.05. The number of halogens is 1. The van der Waals surface area contributed by atoms with Crippen molar-refractivity contribution in [3.63, 3.8) is 0 Å². The average molecular weight is 232 g/mol. The van der Waals surface area contributed by atoms with E-state index in [9.17, 15) is 9.18 Å². The quantitative estimate of drug-likeness (QED) is 0.588. The predicted molar refractivity (Wildman–Crippen MR) is 58.7 cm³/mol. The van der Waals surface area contributed by atoms with Crippen molar-refractivity contribution in [1.29, 1.82) is 0 Å². The van der Waals surface area contributed by atoms with Crippen LogP contribution in [0.4, 0.5) is 4.39 Å². The molecule has 0 amide bonds. The standard InChI is InChI=1S/C12H9FN2O2/c1-8(16)17-11-4-3-9(13)7-10(11)12-14-5-2-6-15-12/h2-7H,1H3. The van der Waals surface area contributed by atoms with Crippen LogP contribution in [-0.4, -0.2) is 15.9 Å². The molecular weight excluding hydrogens is 223 g/mol. The van der Waals surface area contributed by atoms with Gasteiger partial charge < -0.3 is 4.74 Å². The van der Waals surface area contributed by atoms with Crippen molar-refractivity contribution in [3.05, 3.63) is 42.5 Å². The molecule has 1 aromatic heterocycles. The Balaban J connectivity index is 2.51. The third-order valence-corrected chi connectivity index (χ3v) is 2.00. The molecule has 0 atom stereocenters. The molecule has 0 aliphatic rings. The summed E-state index contributed by atoms with van der Waals surface area (Å²) in [6, 6.07) is 5.47. The largest absolute Gasteiger partial charge is 0.426 e. The van der Waals surface area contributed by atoms with E-state index in [4.69, 9.17) is 4.74 Å². The zero-order chi connectivity index (χ0) is 12.3. The Hall–Kier alpha value is -2.30. The van der Waals surface area contributed by atoms with Gasteiger partial charge in [-0.25, -0.2) is 14.4 Å². The molecule has 0 aliphatic carbocycles. The average Bonchev–Trinajstić information content (AvgIpc) is 2.32. The SMILES string of the molecule is CC(=O)Oc1ccc(F)cc1-c1ncccn1. The number of benzene rings is 1. The molecule has 86 valence electrons. The molecule has 0 aliphatic heterocycles. The Kier molecular flexibility index (Phi) is 3.09. The van der Waals surface area contributed by atoms with E-state index in [1.54, 1.807) is 6.07 Å². The lowest BCUT2D eigenvalue weighted by molar-refractivity contribution is -0.131. The van der Waals surface area contributed by atoms with E-state index in [1.165, 1.54) is 37.5 Å². The molecule has 2 rings (SSSR count). The second-order valence-electron chi connectivity index (χ2n) is 3.31. The minimum Gasteiger partial charge on any atom is -0.426 e. The van der Waals surface area contributed by atoms with Crippen LogP contribution in [0.15, 0.2) is 36.7 Å². The first-order chi connectivity index (χ1) is 8.16. The molecule has 0 unspecified atom stereocenters. The monoisotopic (exact) mass is 232 g/mol. The second-order valence-corrected chi connectivity index (χ2v) is 3.31. The van der Waals surface area contributed by atoms with E-state index in [2.05, 4.69) is 9.97 Å². The number of hydrogen-bond donors (Lipinski definition) is 0. The maximum atomic E-state index is 13.2. The normalized spacial score (nSPS) is 10.0. The first kappa shape index (κ1) is 11.2. The van der Waals surface area contributed by atoms with Gasteiger partial charge in [-0.3, -0.25) is 4.79 Å². The van der Waals surface area contributed by atoms with Crippen molar-refractivity contribution in [2.75, 3.05) is 0 Å². The number of carbonyl (C=O) groups excluding carboxylic acids is 1. The summed E-state index contributed by atoms with van der Waals surface area (Å²) in [5.41, 5.74) is 0.348. The maximum absolute atomic E-state index is 13.2. The summed E-state index contributed by atoms with van der Waals surface area (Å²) in [6.07, 6.45) is 3.07. The van der Waals surface area contributed by atoms with Gasteiger partial charge in [0.15, 0.2) is 5.82 Å². The van der Waals surface area contributed by atoms with Crippen LogP contribution in [0.1, 0.15) is 6.92 Å². The summed E-state index contributed by atoms with van der Waals surface area (Å²) in [4.78, 5) is 18.9. The van der Waals surface area contributed by atoms with Crippen molar-refractivity contribution >= 4 is 5.97 Å². The van der Waals surface area contributed by atoms with Gasteiger partial charge in [0, 0.05) is 19.3 Å². The molecule has 0 spiro atoms. The molecule has 2 aromatic rings. The molecule has 0 fully saturated rings. The Morgan fingerprint density at radius 1 is 1.29 bits per heavy atom. The third kappa shape index (κ3) is 2.63. The number of rotatable bonds is 2. The van der Waals surface area contributed by atoms with Crippen LogP contribution >= 0.6 is 0 Å². The van der Waals surface area contributed by atoms with Gasteiger partial charge in [0.2, 0.25) is 0 Å². The van der Waals surface area contributed by atoms with E-state index < -0.39 is 11.8 Å². The molecule has 0 saturated carbocycles. The third-order valence-electron chi connectivity index (χ3n) is 2.00. The van der Waals surface area contributed by atoms with E-state index >= 15 is 0 Å². The summed E-state index contributed by atoms with van der Waals surface area (Å²) in [5, 5.41) is 0. The van der Waals surface area contributed by atoms with Crippen molar-refractivity contribution in [2.45, 2.75) is 6.92 Å². The molecule has 0 radical (unpaired) electrons. The van der Waals surface area contributed by atoms with Crippen LogP contribution in [0, 0.1) is 5.82 Å². The highest BCUT2D eigenvalue weighted by Crippen LogP contribution is 2.27. The Morgan fingerprint density at radius 3 is 2.65 bits per heavy atom. The molecule has 1 heterocycles. The number of hydrogen-bond acceptors (Lipinski definition) is 4. The summed E-state index contributed by atoms with van der Waals surface area (Å²) in [6.45, 7) is 1.28. The second kappa shape index (κ2) is 4.69. The Bertz CT molecular complexity index is 543. The van der Waals surface area contributed by atoms with Gasteiger partial charge in [-0.15, -0.1) is 0 Å². The maximum Gasteiger partial charge on any atom is 0.308 e. The molecule has 5 heteroatoms. The summed E-state index contributed by atoms with van der Waals surface area (Å²) < 4.78 is 18.1. The van der Waals surface area contributed by atoms with Gasteiger partial charge in [0.25, 0.3) is 0 Å². The van der Waals surface area contributed by atoms with E-state index in [0.717, 1.165) is 0 Å². The molecule has 0 N–H and O–H groups in total. The van der Waals surface area contributed by atoms with Crippen LogP contribution in [0.2, 0.25) is 0 Å². The van der Waals surface area contributed by atoms with E-state index in [-0.39, 0.29) is 5.75 Å². The van der Waals surface area contributed by atoms with Gasteiger partial charge >= 0.3 is 5.97 Å². The highest BCUT2D eigenvalue weighted by molar-refractivity contribution is 5.74. The minimum absolute atomic E-state index is 0.241. The first-order valence-electron chi connectivity index (χ1n) is 4.92. The fourth-order valence-electron chi connectivity index (χ4n) is 1.36. The Labute approximate surface area is 97.1 Å². The van der Waals surface area contributed by atoms with Crippen molar-refractivity contribution in [3.8, 4) is 17.1 Å². The number of aromatic nitrogens is 2. The van der Waals surface area contributed by atoms with Crippen molar-refractivity contribution in [2.24, 2.45) is 0 Å². The van der Waals surface area contributed by atoms with Crippen molar-refractivity contribution < 1.29 is 13.9 Å². The minimum atomic E-state index is -0.478. The van der Waals surface area contributed by atoms with Crippen LogP contribution < -0.4 is 4.74 Å². The summed E-state index contributed by atoms with van der Waals surface area (Å²) in [5.74, 6) is -0.370. The van der Waals surface area contributed by atoms with Gasteiger partial charge in [-0.1, -0.05) is 0 Å². The van der Waals surface area contributed by atoms with E-state index in [0.29, 0.717) is 11.4 Å². The Morgan fingerprint density at radius 2 is 2.00 bits per heavy atom. The molecule has 4 nitrogen and oxygen atoms in total. The van der Waals surface area contributed by atoms with Crippen molar-refractivity contribution in [1.82, 2.24) is 9.97 Å². The van der Waals surface area contributed by atoms with Gasteiger partial charge in [0.05, 0.1) is 5.56 Å². The number of carbonyl (C=O) groups is 1. The lowest BCUT2D eigenvalue weighted by atomic mass is 10.2. The summed E-state index contributed by atoms with van der Waals surface area (Å²) >= 11 is 0. The highest BCUT2D eigenvalue weighted by atomic mass is 19.1. The van der Waals surface area contributed by atoms with E-state index in [1.807, 2.05) is 0 Å². The number of esters is 1. The molecule has 0 bridgehead atoms. The predicted octanol–water partition coefficient (Wildman–Crippen LogP) is 2.21. The fourth-order valence-corrected chi connectivity index (χ4v) is 1.36. The van der Waals surface area contributed by atoms with Crippen LogP contribution in [0.3, 0.4) is 0 Å². The molecule has 0 saturated heterocycles. The summed E-state index contributed by atoms with van der Waals surface area (Å²) in [7, 11) is 0. The molecular formula is C12H9FN2O2. The smallest absolute Gasteiger partial charge is 0.308 e. The molecule has 17 heavy (non-hydrogen) atoms. The lowest BCUT2D eigenvalue weighted by Crippen LogP contribution is -2.03. The lowest BCUT2D eigenvalue weighted by Gasteiger charge is -2.07. The van der Waals surface area contributed by atoms with Gasteiger partial charge in [0.1, 0.15) is 11.6 Å². The van der Waals surface area contributed by atoms with Gasteiger partial charge in [-0.05, 0) is 24.3 Å². The number of ether oxygens (including phenoxy) is 1. The fraction of sp³-hybridized carbons (Fsp3) is 0.0833. The van der Waals surface area contributed by atoms with Crippen LogP contribution in [0.5, 0.6) is 5.75 Å². The van der Waals surface area contributed by atoms with Crippen LogP contribution in [0.25, 0.3) is 11.4 Å².